The predicted molar refractivity (Wildman–Crippen MR) is 115 cm³/mol. The summed E-state index contributed by atoms with van der Waals surface area (Å²) in [7, 11) is 0. The minimum absolute atomic E-state index is 0. The molecule has 2 aromatic rings. The number of primary amides is 1. The van der Waals surface area contributed by atoms with Crippen molar-refractivity contribution in [1.82, 2.24) is 0 Å². The van der Waals surface area contributed by atoms with Crippen LogP contribution in [0, 0.1) is 0 Å². The van der Waals surface area contributed by atoms with Crippen LogP contribution in [0.25, 0.3) is 0 Å². The number of carbonyl (C=O) groups excluding carboxylic acids is 2. The average molecular weight is 413 g/mol. The van der Waals surface area contributed by atoms with Crippen molar-refractivity contribution >= 4 is 48.0 Å². The van der Waals surface area contributed by atoms with Gasteiger partial charge >= 0.3 is 0 Å². The van der Waals surface area contributed by atoms with Gasteiger partial charge in [0.25, 0.3) is 0 Å². The summed E-state index contributed by atoms with van der Waals surface area (Å²) < 4.78 is 0. The van der Waals surface area contributed by atoms with E-state index in [2.05, 4.69) is 5.32 Å². The second-order valence-electron chi connectivity index (χ2n) is 5.80. The smallest absolute Gasteiger partial charge is 0.236 e. The topological polar surface area (TPSA) is 101 Å². The highest BCUT2D eigenvalue weighted by Gasteiger charge is 2.11. The Kier molecular flexibility index (Phi) is 11.9. The first-order valence-corrected chi connectivity index (χ1v) is 8.25. The van der Waals surface area contributed by atoms with Crippen LogP contribution in [0.15, 0.2) is 54.6 Å². The summed E-state index contributed by atoms with van der Waals surface area (Å²) in [5, 5.41) is 2.85. The van der Waals surface area contributed by atoms with Gasteiger partial charge in [0.1, 0.15) is 0 Å². The maximum Gasteiger partial charge on any atom is 0.236 e. The Morgan fingerprint density at radius 2 is 1.70 bits per heavy atom. The molecular formula is C19H26Cl2N4O2. The van der Waals surface area contributed by atoms with E-state index >= 15 is 0 Å². The Hall–Kier alpha value is -2.28. The maximum absolute atomic E-state index is 11.9. The third-order valence-electron chi connectivity index (χ3n) is 3.67. The van der Waals surface area contributed by atoms with Crippen LogP contribution in [0.3, 0.4) is 0 Å². The zero-order chi connectivity index (χ0) is 18.1. The zero-order valence-electron chi connectivity index (χ0n) is 15.0. The number of amides is 2. The first-order valence-electron chi connectivity index (χ1n) is 8.25. The van der Waals surface area contributed by atoms with Crippen LogP contribution < -0.4 is 21.7 Å². The molecule has 0 bridgehead atoms. The van der Waals surface area contributed by atoms with Gasteiger partial charge in [-0.25, -0.2) is 0 Å². The van der Waals surface area contributed by atoms with Gasteiger partial charge in [0.15, 0.2) is 0 Å². The van der Waals surface area contributed by atoms with Gasteiger partial charge in [-0.05, 0) is 36.7 Å². The fourth-order valence-corrected chi connectivity index (χ4v) is 2.50. The third-order valence-corrected chi connectivity index (χ3v) is 3.67. The molecule has 6 nitrogen and oxygen atoms in total. The highest BCUT2D eigenvalue weighted by Crippen LogP contribution is 2.21. The van der Waals surface area contributed by atoms with Crippen molar-refractivity contribution < 1.29 is 9.59 Å². The SMILES string of the molecule is Cl.Cl.NCCCC(=O)Nc1cccc(N(CC(N)=O)Cc2ccccc2)c1. The van der Waals surface area contributed by atoms with Crippen molar-refractivity contribution in [2.75, 3.05) is 23.3 Å². The predicted octanol–water partition coefficient (Wildman–Crippen LogP) is 2.70. The van der Waals surface area contributed by atoms with E-state index in [-0.39, 0.29) is 37.3 Å². The van der Waals surface area contributed by atoms with E-state index in [1.807, 2.05) is 59.5 Å². The molecule has 148 valence electrons. The first kappa shape index (κ1) is 24.7. The molecular weight excluding hydrogens is 387 g/mol. The lowest BCUT2D eigenvalue weighted by molar-refractivity contribution is -0.117. The molecule has 0 fully saturated rings. The summed E-state index contributed by atoms with van der Waals surface area (Å²) in [5.74, 6) is -0.486. The lowest BCUT2D eigenvalue weighted by atomic mass is 10.2. The van der Waals surface area contributed by atoms with Gasteiger partial charge in [0.05, 0.1) is 6.54 Å². The van der Waals surface area contributed by atoms with Gasteiger partial charge in [-0.1, -0.05) is 36.4 Å². The Morgan fingerprint density at radius 3 is 2.33 bits per heavy atom. The quantitative estimate of drug-likeness (QED) is 0.588. The summed E-state index contributed by atoms with van der Waals surface area (Å²) in [6.07, 6.45) is 1.03. The molecule has 0 spiro atoms. The van der Waals surface area contributed by atoms with E-state index < -0.39 is 5.91 Å². The molecule has 0 aliphatic carbocycles. The Labute approximate surface area is 172 Å². The van der Waals surface area contributed by atoms with Gasteiger partial charge in [-0.15, -0.1) is 24.8 Å². The van der Waals surface area contributed by atoms with Crippen LogP contribution in [0.1, 0.15) is 18.4 Å². The van der Waals surface area contributed by atoms with Crippen molar-refractivity contribution in [2.45, 2.75) is 19.4 Å². The molecule has 0 atom stereocenters. The summed E-state index contributed by atoms with van der Waals surface area (Å²) in [6, 6.07) is 17.2. The second-order valence-corrected chi connectivity index (χ2v) is 5.80. The zero-order valence-corrected chi connectivity index (χ0v) is 16.6. The molecule has 2 amide bonds. The third kappa shape index (κ3) is 8.77. The Bertz CT molecular complexity index is 714. The van der Waals surface area contributed by atoms with Crippen molar-refractivity contribution in [2.24, 2.45) is 11.5 Å². The summed E-state index contributed by atoms with van der Waals surface area (Å²) >= 11 is 0. The minimum Gasteiger partial charge on any atom is -0.368 e. The molecule has 5 N–H and O–H groups in total. The molecule has 2 aromatic carbocycles. The summed E-state index contributed by atoms with van der Waals surface area (Å²) in [4.78, 5) is 25.2. The Balaban J connectivity index is 0.00000338. The van der Waals surface area contributed by atoms with Crippen LogP contribution in [0.2, 0.25) is 0 Å². The maximum atomic E-state index is 11.9. The molecule has 0 aliphatic rings. The van der Waals surface area contributed by atoms with E-state index in [9.17, 15) is 9.59 Å². The van der Waals surface area contributed by atoms with Crippen LogP contribution in [-0.2, 0) is 16.1 Å². The number of hydrogen-bond donors (Lipinski definition) is 3. The molecule has 0 aromatic heterocycles. The number of nitrogens with one attached hydrogen (secondary N) is 1. The van der Waals surface area contributed by atoms with E-state index in [0.717, 1.165) is 11.3 Å². The minimum atomic E-state index is -0.409. The van der Waals surface area contributed by atoms with Crippen molar-refractivity contribution in [1.29, 1.82) is 0 Å². The second kappa shape index (κ2) is 13.0. The van der Waals surface area contributed by atoms with E-state index in [1.54, 1.807) is 0 Å². The van der Waals surface area contributed by atoms with Crippen molar-refractivity contribution in [3.05, 3.63) is 60.2 Å². The lowest BCUT2D eigenvalue weighted by Crippen LogP contribution is -2.33. The average Bonchev–Trinajstić information content (AvgIpc) is 2.60. The number of hydrogen-bond acceptors (Lipinski definition) is 4. The van der Waals surface area contributed by atoms with E-state index in [0.29, 0.717) is 31.6 Å². The van der Waals surface area contributed by atoms with E-state index in [1.165, 1.54) is 0 Å². The molecule has 0 saturated carbocycles. The van der Waals surface area contributed by atoms with Crippen LogP contribution in [-0.4, -0.2) is 24.9 Å². The molecule has 2 rings (SSSR count). The van der Waals surface area contributed by atoms with Crippen molar-refractivity contribution in [3.8, 4) is 0 Å². The summed E-state index contributed by atoms with van der Waals surface area (Å²) in [5.41, 5.74) is 13.4. The molecule has 0 saturated heterocycles. The monoisotopic (exact) mass is 412 g/mol. The highest BCUT2D eigenvalue weighted by molar-refractivity contribution is 5.91. The first-order chi connectivity index (χ1) is 12.1. The van der Waals surface area contributed by atoms with Crippen LogP contribution in [0.4, 0.5) is 11.4 Å². The number of rotatable bonds is 9. The fraction of sp³-hybridized carbons (Fsp3) is 0.263. The lowest BCUT2D eigenvalue weighted by Gasteiger charge is -2.24. The largest absolute Gasteiger partial charge is 0.368 e. The van der Waals surface area contributed by atoms with Crippen molar-refractivity contribution in [3.63, 3.8) is 0 Å². The van der Waals surface area contributed by atoms with Gasteiger partial charge in [0.2, 0.25) is 11.8 Å². The molecule has 0 unspecified atom stereocenters. The Morgan fingerprint density at radius 1 is 1.00 bits per heavy atom. The van der Waals surface area contributed by atoms with Gasteiger partial charge in [0, 0.05) is 24.3 Å². The van der Waals surface area contributed by atoms with Gasteiger partial charge in [-0.2, -0.15) is 0 Å². The van der Waals surface area contributed by atoms with E-state index in [4.69, 9.17) is 11.5 Å². The molecule has 27 heavy (non-hydrogen) atoms. The molecule has 0 aliphatic heterocycles. The number of nitrogens with zero attached hydrogens (tertiary/aromatic N) is 1. The van der Waals surface area contributed by atoms with Gasteiger partial charge in [-0.3, -0.25) is 9.59 Å². The molecule has 0 radical (unpaired) electrons. The van der Waals surface area contributed by atoms with Crippen LogP contribution in [0.5, 0.6) is 0 Å². The number of carbonyl (C=O) groups is 2. The number of anilines is 2. The molecule has 8 heteroatoms. The number of nitrogens with two attached hydrogens (primary N) is 2. The van der Waals surface area contributed by atoms with Gasteiger partial charge < -0.3 is 21.7 Å². The number of benzene rings is 2. The van der Waals surface area contributed by atoms with Crippen LogP contribution >= 0.6 is 24.8 Å². The number of halogens is 2. The highest BCUT2D eigenvalue weighted by atomic mass is 35.5. The normalized spacial score (nSPS) is 9.52. The summed E-state index contributed by atoms with van der Waals surface area (Å²) in [6.45, 7) is 1.13. The fourth-order valence-electron chi connectivity index (χ4n) is 2.50. The molecule has 0 heterocycles. The standard InChI is InChI=1S/C19H24N4O2.2ClH/c20-11-5-10-19(25)22-16-8-4-9-17(12-16)23(14-18(21)24)13-15-6-2-1-3-7-15;;/h1-4,6-9,12H,5,10-11,13-14,20H2,(H2,21,24)(H,22,25);2*1H.